The van der Waals surface area contributed by atoms with Crippen molar-refractivity contribution >= 4 is 28.2 Å². The summed E-state index contributed by atoms with van der Waals surface area (Å²) in [7, 11) is 1.41. The molecular weight excluding hydrogens is 314 g/mol. The Bertz CT molecular complexity index is 665. The summed E-state index contributed by atoms with van der Waals surface area (Å²) in [4.78, 5) is 29.6. The average molecular weight is 335 g/mol. The van der Waals surface area contributed by atoms with Gasteiger partial charge in [-0.15, -0.1) is 11.3 Å². The monoisotopic (exact) mass is 335 g/mol. The van der Waals surface area contributed by atoms with Gasteiger partial charge in [0.15, 0.2) is 4.96 Å². The number of nitrogens with one attached hydrogen (secondary N) is 1. The smallest absolute Gasteiger partial charge is 0.310 e. The van der Waals surface area contributed by atoms with Crippen molar-refractivity contribution in [3.05, 3.63) is 23.5 Å². The minimum atomic E-state index is -0.239. The van der Waals surface area contributed by atoms with E-state index in [1.165, 1.54) is 18.4 Å². The van der Waals surface area contributed by atoms with Crippen LogP contribution in [0.1, 0.15) is 37.8 Å². The number of carbonyl (C=O) groups excluding carboxylic acids is 2. The lowest BCUT2D eigenvalue weighted by Crippen LogP contribution is -2.43. The third kappa shape index (κ3) is 3.72. The Morgan fingerprint density at radius 3 is 3.00 bits per heavy atom. The number of hydrogen-bond acceptors (Lipinski definition) is 5. The van der Waals surface area contributed by atoms with Gasteiger partial charge in [-0.1, -0.05) is 19.3 Å². The van der Waals surface area contributed by atoms with Gasteiger partial charge in [0, 0.05) is 23.8 Å². The first-order valence-electron chi connectivity index (χ1n) is 7.95. The lowest BCUT2D eigenvalue weighted by molar-refractivity contribution is -0.147. The standard InChI is InChI=1S/C16H21N3O3S/c1-22-15(21)12-5-3-2-4-6-13(12)18-14(20)9-11-10-19-7-8-23-16(19)17-11/h7-8,10,12-13H,2-6,9H2,1H3,(H,18,20)/t12-,13+/m1/s1. The molecule has 1 fully saturated rings. The lowest BCUT2D eigenvalue weighted by atomic mass is 9.94. The van der Waals surface area contributed by atoms with Crippen molar-refractivity contribution in [2.24, 2.45) is 5.92 Å². The number of hydrogen-bond donors (Lipinski definition) is 1. The molecule has 0 aromatic carbocycles. The van der Waals surface area contributed by atoms with E-state index in [1.807, 2.05) is 22.2 Å². The number of rotatable bonds is 4. The molecular formula is C16H21N3O3S. The first-order chi connectivity index (χ1) is 11.2. The van der Waals surface area contributed by atoms with Crippen LogP contribution in [0.5, 0.6) is 0 Å². The fraction of sp³-hybridized carbons (Fsp3) is 0.562. The van der Waals surface area contributed by atoms with Crippen LogP contribution >= 0.6 is 11.3 Å². The van der Waals surface area contributed by atoms with Crippen LogP contribution in [0, 0.1) is 5.92 Å². The molecule has 2 atom stereocenters. The molecule has 0 saturated heterocycles. The van der Waals surface area contributed by atoms with Crippen molar-refractivity contribution < 1.29 is 14.3 Å². The number of ether oxygens (including phenoxy) is 1. The van der Waals surface area contributed by atoms with Gasteiger partial charge in [-0.3, -0.25) is 14.0 Å². The highest BCUT2D eigenvalue weighted by atomic mass is 32.1. The number of fused-ring (bicyclic) bond motifs is 1. The Morgan fingerprint density at radius 1 is 1.39 bits per heavy atom. The zero-order chi connectivity index (χ0) is 16.2. The van der Waals surface area contributed by atoms with Crippen molar-refractivity contribution in [3.63, 3.8) is 0 Å². The van der Waals surface area contributed by atoms with Crippen LogP contribution in [0.15, 0.2) is 17.8 Å². The van der Waals surface area contributed by atoms with Crippen molar-refractivity contribution in [1.82, 2.24) is 14.7 Å². The van der Waals surface area contributed by atoms with E-state index in [4.69, 9.17) is 4.74 Å². The molecule has 0 spiro atoms. The maximum Gasteiger partial charge on any atom is 0.310 e. The van der Waals surface area contributed by atoms with Crippen LogP contribution in [0.3, 0.4) is 0 Å². The second-order valence-corrected chi connectivity index (χ2v) is 6.82. The van der Waals surface area contributed by atoms with E-state index in [0.29, 0.717) is 0 Å². The number of thiazole rings is 1. The zero-order valence-corrected chi connectivity index (χ0v) is 14.0. The molecule has 1 aliphatic rings. The summed E-state index contributed by atoms with van der Waals surface area (Å²) in [5, 5.41) is 4.98. The summed E-state index contributed by atoms with van der Waals surface area (Å²) in [6.07, 6.45) is 8.75. The fourth-order valence-electron chi connectivity index (χ4n) is 3.20. The summed E-state index contributed by atoms with van der Waals surface area (Å²) in [6.45, 7) is 0. The van der Waals surface area contributed by atoms with Gasteiger partial charge in [-0.2, -0.15) is 0 Å². The quantitative estimate of drug-likeness (QED) is 0.686. The van der Waals surface area contributed by atoms with Crippen molar-refractivity contribution in [1.29, 1.82) is 0 Å². The number of aromatic nitrogens is 2. The molecule has 2 heterocycles. The first kappa shape index (κ1) is 16.0. The van der Waals surface area contributed by atoms with Crippen molar-refractivity contribution in [2.75, 3.05) is 7.11 Å². The SMILES string of the molecule is COC(=O)[C@@H]1CCCCC[C@@H]1NC(=O)Cc1cn2ccsc2n1. The number of carbonyl (C=O) groups is 2. The molecule has 0 aliphatic heterocycles. The predicted molar refractivity (Wildman–Crippen MR) is 87.3 cm³/mol. The van der Waals surface area contributed by atoms with Gasteiger partial charge in [-0.05, 0) is 12.8 Å². The largest absolute Gasteiger partial charge is 0.469 e. The van der Waals surface area contributed by atoms with E-state index in [9.17, 15) is 9.59 Å². The minimum absolute atomic E-state index is 0.0865. The van der Waals surface area contributed by atoms with Crippen molar-refractivity contribution in [3.8, 4) is 0 Å². The highest BCUT2D eigenvalue weighted by Crippen LogP contribution is 2.24. The van der Waals surface area contributed by atoms with E-state index in [-0.39, 0.29) is 30.3 Å². The molecule has 3 rings (SSSR count). The average Bonchev–Trinajstić information content (AvgIpc) is 3.02. The minimum Gasteiger partial charge on any atom is -0.469 e. The second kappa shape index (κ2) is 7.12. The molecule has 23 heavy (non-hydrogen) atoms. The predicted octanol–water partition coefficient (Wildman–Crippen LogP) is 2.18. The Hall–Kier alpha value is -1.89. The molecule has 124 valence electrons. The van der Waals surface area contributed by atoms with Gasteiger partial charge in [0.1, 0.15) is 0 Å². The topological polar surface area (TPSA) is 72.7 Å². The van der Waals surface area contributed by atoms with E-state index >= 15 is 0 Å². The van der Waals surface area contributed by atoms with E-state index in [2.05, 4.69) is 10.3 Å². The number of esters is 1. The molecule has 0 radical (unpaired) electrons. The van der Waals surface area contributed by atoms with E-state index < -0.39 is 0 Å². The van der Waals surface area contributed by atoms with Gasteiger partial charge in [-0.25, -0.2) is 4.98 Å². The molecule has 0 unspecified atom stereocenters. The summed E-state index contributed by atoms with van der Waals surface area (Å²) in [6, 6.07) is -0.138. The number of nitrogens with zero attached hydrogens (tertiary/aromatic N) is 2. The molecule has 1 saturated carbocycles. The third-order valence-corrected chi connectivity index (χ3v) is 5.12. The molecule has 1 N–H and O–H groups in total. The van der Waals surface area contributed by atoms with Gasteiger partial charge in [0.05, 0.1) is 25.1 Å². The maximum atomic E-state index is 12.3. The van der Waals surface area contributed by atoms with Crippen LogP contribution in [-0.4, -0.2) is 34.4 Å². The van der Waals surface area contributed by atoms with Gasteiger partial charge in [0.2, 0.25) is 5.91 Å². The van der Waals surface area contributed by atoms with E-state index in [1.54, 1.807) is 0 Å². The van der Waals surface area contributed by atoms with E-state index in [0.717, 1.165) is 42.8 Å². The Labute approximate surface area is 138 Å². The Kier molecular flexibility index (Phi) is 4.95. The summed E-state index contributed by atoms with van der Waals surface area (Å²) < 4.78 is 6.81. The van der Waals surface area contributed by atoms with Crippen LogP contribution < -0.4 is 5.32 Å². The lowest BCUT2D eigenvalue weighted by Gasteiger charge is -2.24. The second-order valence-electron chi connectivity index (χ2n) is 5.94. The highest BCUT2D eigenvalue weighted by Gasteiger charge is 2.31. The van der Waals surface area contributed by atoms with Crippen LogP contribution in [0.25, 0.3) is 4.96 Å². The molecule has 7 heteroatoms. The summed E-state index contributed by atoms with van der Waals surface area (Å²) in [5.74, 6) is -0.548. The van der Waals surface area contributed by atoms with Gasteiger partial charge in [0.25, 0.3) is 0 Å². The fourth-order valence-corrected chi connectivity index (χ4v) is 3.92. The molecule has 0 bridgehead atoms. The zero-order valence-electron chi connectivity index (χ0n) is 13.2. The molecule has 1 amide bonds. The van der Waals surface area contributed by atoms with Crippen LogP contribution in [0.2, 0.25) is 0 Å². The summed E-state index contributed by atoms with van der Waals surface area (Å²) >= 11 is 1.54. The van der Waals surface area contributed by atoms with Gasteiger partial charge < -0.3 is 10.1 Å². The Balaban J connectivity index is 1.64. The molecule has 2 aromatic rings. The highest BCUT2D eigenvalue weighted by molar-refractivity contribution is 7.15. The van der Waals surface area contributed by atoms with Crippen LogP contribution in [0.4, 0.5) is 0 Å². The number of methoxy groups -OCH3 is 1. The molecule has 6 nitrogen and oxygen atoms in total. The van der Waals surface area contributed by atoms with Crippen LogP contribution in [-0.2, 0) is 20.7 Å². The normalized spacial score (nSPS) is 21.8. The maximum absolute atomic E-state index is 12.3. The number of imidazole rings is 1. The van der Waals surface area contributed by atoms with Crippen molar-refractivity contribution in [2.45, 2.75) is 44.6 Å². The third-order valence-electron chi connectivity index (χ3n) is 4.35. The number of amides is 1. The Morgan fingerprint density at radius 2 is 2.22 bits per heavy atom. The van der Waals surface area contributed by atoms with Gasteiger partial charge >= 0.3 is 5.97 Å². The summed E-state index contributed by atoms with van der Waals surface area (Å²) in [5.41, 5.74) is 0.748. The molecule has 2 aromatic heterocycles. The molecule has 1 aliphatic carbocycles. The first-order valence-corrected chi connectivity index (χ1v) is 8.83.